The van der Waals surface area contributed by atoms with Crippen molar-refractivity contribution in [2.24, 2.45) is 17.8 Å². The fraction of sp³-hybridized carbons (Fsp3) is 0.778. The van der Waals surface area contributed by atoms with Crippen LogP contribution in [0.3, 0.4) is 0 Å². The van der Waals surface area contributed by atoms with Crippen LogP contribution in [0.5, 0.6) is 0 Å². The van der Waals surface area contributed by atoms with Gasteiger partial charge in [0.15, 0.2) is 0 Å². The van der Waals surface area contributed by atoms with Crippen LogP contribution < -0.4 is 5.32 Å². The molecule has 2 N–H and O–H groups in total. The van der Waals surface area contributed by atoms with Crippen LogP contribution in [0, 0.1) is 17.8 Å². The summed E-state index contributed by atoms with van der Waals surface area (Å²) < 4.78 is 0. The van der Waals surface area contributed by atoms with Gasteiger partial charge in [0, 0.05) is 6.54 Å². The second-order valence-corrected chi connectivity index (χ2v) is 3.88. The molecule has 2 atom stereocenters. The van der Waals surface area contributed by atoms with Crippen molar-refractivity contribution in [1.29, 1.82) is 0 Å². The Morgan fingerprint density at radius 3 is 2.69 bits per heavy atom. The monoisotopic (exact) mass is 185 g/mol. The maximum atomic E-state index is 11.1. The van der Waals surface area contributed by atoms with E-state index in [2.05, 4.69) is 5.32 Å². The van der Waals surface area contributed by atoms with Crippen LogP contribution in [0.15, 0.2) is 0 Å². The average Bonchev–Trinajstić information content (AvgIpc) is 2.04. The van der Waals surface area contributed by atoms with Gasteiger partial charge in [-0.1, -0.05) is 13.8 Å². The molecule has 1 aliphatic heterocycles. The number of hydrogen-bond donors (Lipinski definition) is 2. The molecule has 0 bridgehead atoms. The second kappa shape index (κ2) is 3.77. The number of carboxylic acids is 1. The Balaban J connectivity index is 2.63. The summed E-state index contributed by atoms with van der Waals surface area (Å²) in [6.07, 6.45) is 0.471. The van der Waals surface area contributed by atoms with Crippen molar-refractivity contribution in [3.8, 4) is 0 Å². The normalized spacial score (nSPS) is 28.7. The number of nitrogens with one attached hydrogen (secondary N) is 1. The van der Waals surface area contributed by atoms with E-state index >= 15 is 0 Å². The molecule has 0 aromatic carbocycles. The number of carbonyl (C=O) groups excluding carboxylic acids is 1. The van der Waals surface area contributed by atoms with E-state index in [-0.39, 0.29) is 5.91 Å². The summed E-state index contributed by atoms with van der Waals surface area (Å²) in [6.45, 7) is 4.70. The Morgan fingerprint density at radius 2 is 2.23 bits per heavy atom. The lowest BCUT2D eigenvalue weighted by molar-refractivity contribution is -0.149. The molecule has 0 spiro atoms. The van der Waals surface area contributed by atoms with Crippen molar-refractivity contribution in [2.45, 2.75) is 20.3 Å². The van der Waals surface area contributed by atoms with E-state index in [0.29, 0.717) is 24.8 Å². The van der Waals surface area contributed by atoms with Gasteiger partial charge in [-0.15, -0.1) is 0 Å². The highest BCUT2D eigenvalue weighted by molar-refractivity contribution is 5.97. The Hall–Kier alpha value is -1.06. The first-order chi connectivity index (χ1) is 6.02. The van der Waals surface area contributed by atoms with Gasteiger partial charge in [0.25, 0.3) is 0 Å². The summed E-state index contributed by atoms with van der Waals surface area (Å²) in [5.41, 5.74) is 0. The first-order valence-corrected chi connectivity index (χ1v) is 4.53. The number of carbonyl (C=O) groups is 2. The molecule has 1 rings (SSSR count). The lowest BCUT2D eigenvalue weighted by Crippen LogP contribution is -2.46. The molecule has 0 radical (unpaired) electrons. The zero-order valence-corrected chi connectivity index (χ0v) is 7.91. The molecule has 0 saturated carbocycles. The van der Waals surface area contributed by atoms with Gasteiger partial charge < -0.3 is 10.4 Å². The fourth-order valence-corrected chi connectivity index (χ4v) is 1.57. The Morgan fingerprint density at radius 1 is 1.62 bits per heavy atom. The van der Waals surface area contributed by atoms with Gasteiger partial charge >= 0.3 is 5.97 Å². The van der Waals surface area contributed by atoms with E-state index in [0.717, 1.165) is 0 Å². The average molecular weight is 185 g/mol. The largest absolute Gasteiger partial charge is 0.481 e. The molecule has 74 valence electrons. The maximum Gasteiger partial charge on any atom is 0.316 e. The third kappa shape index (κ3) is 2.20. The highest BCUT2D eigenvalue weighted by Crippen LogP contribution is 2.23. The first kappa shape index (κ1) is 10.0. The number of hydrogen-bond acceptors (Lipinski definition) is 2. The van der Waals surface area contributed by atoms with Crippen LogP contribution in [0.2, 0.25) is 0 Å². The topological polar surface area (TPSA) is 66.4 Å². The minimum atomic E-state index is -1.01. The molecule has 0 unspecified atom stereocenters. The number of piperidine rings is 1. The van der Waals surface area contributed by atoms with E-state index in [1.807, 2.05) is 13.8 Å². The summed E-state index contributed by atoms with van der Waals surface area (Å²) in [7, 11) is 0. The summed E-state index contributed by atoms with van der Waals surface area (Å²) in [5, 5.41) is 11.4. The highest BCUT2D eigenvalue weighted by Gasteiger charge is 2.34. The molecule has 1 fully saturated rings. The fourth-order valence-electron chi connectivity index (χ4n) is 1.57. The van der Waals surface area contributed by atoms with Gasteiger partial charge in [0.1, 0.15) is 5.92 Å². The molecular formula is C9H15NO3. The van der Waals surface area contributed by atoms with Crippen LogP contribution in [-0.4, -0.2) is 23.5 Å². The van der Waals surface area contributed by atoms with Crippen LogP contribution in [0.25, 0.3) is 0 Å². The lowest BCUT2D eigenvalue weighted by atomic mass is 9.83. The van der Waals surface area contributed by atoms with Crippen molar-refractivity contribution in [2.75, 3.05) is 6.54 Å². The second-order valence-electron chi connectivity index (χ2n) is 3.88. The quantitative estimate of drug-likeness (QED) is 0.615. The number of amides is 1. The minimum Gasteiger partial charge on any atom is -0.481 e. The summed E-state index contributed by atoms with van der Waals surface area (Å²) in [5.74, 6) is -1.49. The molecule has 1 amide bonds. The van der Waals surface area contributed by atoms with E-state index in [9.17, 15) is 9.59 Å². The molecule has 1 heterocycles. The predicted molar refractivity (Wildman–Crippen MR) is 47.1 cm³/mol. The van der Waals surface area contributed by atoms with Crippen LogP contribution >= 0.6 is 0 Å². The van der Waals surface area contributed by atoms with E-state index in [4.69, 9.17) is 5.11 Å². The number of carboxylic acid groups (broad SMARTS) is 1. The molecule has 4 heteroatoms. The van der Waals surface area contributed by atoms with E-state index < -0.39 is 11.9 Å². The molecule has 0 aliphatic carbocycles. The Labute approximate surface area is 77.3 Å². The van der Waals surface area contributed by atoms with Crippen LogP contribution in [-0.2, 0) is 9.59 Å². The van der Waals surface area contributed by atoms with Crippen molar-refractivity contribution < 1.29 is 14.7 Å². The van der Waals surface area contributed by atoms with Gasteiger partial charge in [-0.25, -0.2) is 0 Å². The lowest BCUT2D eigenvalue weighted by Gasteiger charge is -2.29. The SMILES string of the molecule is CC(C)[C@H]1CNC(=O)[C@@H](C(=O)O)C1. The maximum absolute atomic E-state index is 11.1. The zero-order chi connectivity index (χ0) is 10.0. The van der Waals surface area contributed by atoms with Crippen molar-refractivity contribution in [3.05, 3.63) is 0 Å². The third-order valence-electron chi connectivity index (χ3n) is 2.63. The van der Waals surface area contributed by atoms with Crippen molar-refractivity contribution in [3.63, 3.8) is 0 Å². The summed E-state index contributed by atoms with van der Waals surface area (Å²) in [6, 6.07) is 0. The smallest absolute Gasteiger partial charge is 0.316 e. The van der Waals surface area contributed by atoms with Gasteiger partial charge in [-0.05, 0) is 18.3 Å². The highest BCUT2D eigenvalue weighted by atomic mass is 16.4. The van der Waals surface area contributed by atoms with Gasteiger partial charge in [-0.3, -0.25) is 9.59 Å². The molecule has 1 aliphatic rings. The first-order valence-electron chi connectivity index (χ1n) is 4.53. The van der Waals surface area contributed by atoms with Gasteiger partial charge in [0.2, 0.25) is 5.91 Å². The standard InChI is InChI=1S/C9H15NO3/c1-5(2)6-3-7(9(12)13)8(11)10-4-6/h5-7H,3-4H2,1-2H3,(H,10,11)(H,12,13)/t6-,7+/m1/s1. The molecular weight excluding hydrogens is 170 g/mol. The minimum absolute atomic E-state index is 0.291. The van der Waals surface area contributed by atoms with E-state index in [1.165, 1.54) is 0 Å². The third-order valence-corrected chi connectivity index (χ3v) is 2.63. The van der Waals surface area contributed by atoms with Crippen LogP contribution in [0.1, 0.15) is 20.3 Å². The molecule has 0 aromatic heterocycles. The molecule has 13 heavy (non-hydrogen) atoms. The predicted octanol–water partition coefficient (Wildman–Crippen LogP) is 0.479. The van der Waals surface area contributed by atoms with E-state index in [1.54, 1.807) is 0 Å². The number of aliphatic carboxylic acids is 1. The summed E-state index contributed by atoms with van der Waals surface area (Å²) >= 11 is 0. The van der Waals surface area contributed by atoms with Crippen molar-refractivity contribution in [1.82, 2.24) is 5.32 Å². The Kier molecular flexibility index (Phi) is 2.90. The van der Waals surface area contributed by atoms with Gasteiger partial charge in [0.05, 0.1) is 0 Å². The Bertz CT molecular complexity index is 225. The molecule has 4 nitrogen and oxygen atoms in total. The van der Waals surface area contributed by atoms with Gasteiger partial charge in [-0.2, -0.15) is 0 Å². The zero-order valence-electron chi connectivity index (χ0n) is 7.91. The van der Waals surface area contributed by atoms with Crippen LogP contribution in [0.4, 0.5) is 0 Å². The molecule has 0 aromatic rings. The molecule has 1 saturated heterocycles. The van der Waals surface area contributed by atoms with Crippen molar-refractivity contribution >= 4 is 11.9 Å². The summed E-state index contributed by atoms with van der Waals surface area (Å²) in [4.78, 5) is 21.8. The number of rotatable bonds is 2.